The van der Waals surface area contributed by atoms with Gasteiger partial charge in [-0.25, -0.2) is 0 Å². The van der Waals surface area contributed by atoms with Crippen molar-refractivity contribution in [3.63, 3.8) is 0 Å². The minimum Gasteiger partial charge on any atom is -0.497 e. The molecule has 0 fully saturated rings. The number of benzene rings is 2. The Labute approximate surface area is 136 Å². The second-order valence-corrected chi connectivity index (χ2v) is 5.86. The molecule has 1 unspecified atom stereocenters. The summed E-state index contributed by atoms with van der Waals surface area (Å²) >= 11 is 16.1. The van der Waals surface area contributed by atoms with Crippen LogP contribution in [0, 0.1) is 0 Å². The van der Waals surface area contributed by atoms with Crippen LogP contribution in [0.5, 0.6) is 11.5 Å². The first-order valence-electron chi connectivity index (χ1n) is 5.87. The highest BCUT2D eigenvalue weighted by atomic mass is 79.9. The molecule has 2 aromatic rings. The van der Waals surface area contributed by atoms with Gasteiger partial charge >= 0.3 is 0 Å². The third-order valence-corrected chi connectivity index (χ3v) is 4.34. The normalized spacial score (nSPS) is 12.1. The third-order valence-electron chi connectivity index (χ3n) is 2.95. The molecule has 0 bridgehead atoms. The molecular weight excluding hydrogens is 363 g/mol. The van der Waals surface area contributed by atoms with Gasteiger partial charge in [0.2, 0.25) is 0 Å². The molecule has 5 heteroatoms. The van der Waals surface area contributed by atoms with Crippen molar-refractivity contribution in [2.75, 3.05) is 14.2 Å². The summed E-state index contributed by atoms with van der Waals surface area (Å²) in [4.78, 5) is 0. The molecule has 0 aliphatic carbocycles. The fourth-order valence-electron chi connectivity index (χ4n) is 1.90. The second-order valence-electron chi connectivity index (χ2n) is 4.14. The predicted octanol–water partition coefficient (Wildman–Crippen LogP) is 5.45. The van der Waals surface area contributed by atoms with Gasteiger partial charge in [0.05, 0.1) is 19.6 Å². The van der Waals surface area contributed by atoms with Crippen LogP contribution in [-0.4, -0.2) is 14.2 Å². The van der Waals surface area contributed by atoms with Crippen LogP contribution in [0.4, 0.5) is 0 Å². The summed E-state index contributed by atoms with van der Waals surface area (Å²) < 4.78 is 11.4. The Morgan fingerprint density at radius 1 is 1.00 bits per heavy atom. The van der Waals surface area contributed by atoms with E-state index >= 15 is 0 Å². The van der Waals surface area contributed by atoms with Gasteiger partial charge in [-0.15, -0.1) is 11.6 Å². The highest BCUT2D eigenvalue weighted by molar-refractivity contribution is 9.10. The lowest BCUT2D eigenvalue weighted by Crippen LogP contribution is -1.99. The second kappa shape index (κ2) is 6.70. The first-order valence-corrected chi connectivity index (χ1v) is 7.48. The lowest BCUT2D eigenvalue weighted by Gasteiger charge is -2.16. The zero-order valence-corrected chi connectivity index (χ0v) is 14.1. The summed E-state index contributed by atoms with van der Waals surface area (Å²) in [6, 6.07) is 11.1. The number of hydrogen-bond acceptors (Lipinski definition) is 2. The average molecular weight is 376 g/mol. The predicted molar refractivity (Wildman–Crippen MR) is 86.4 cm³/mol. The van der Waals surface area contributed by atoms with Crippen molar-refractivity contribution in [3.8, 4) is 11.5 Å². The molecule has 2 aromatic carbocycles. The molecule has 0 spiro atoms. The number of ether oxygens (including phenoxy) is 2. The van der Waals surface area contributed by atoms with Gasteiger partial charge in [0.15, 0.2) is 0 Å². The van der Waals surface area contributed by atoms with E-state index in [0.29, 0.717) is 10.8 Å². The Hall–Kier alpha value is -0.900. The van der Waals surface area contributed by atoms with Gasteiger partial charge in [0.25, 0.3) is 0 Å². The molecule has 0 aliphatic rings. The summed E-state index contributed by atoms with van der Waals surface area (Å²) in [6.45, 7) is 0. The number of methoxy groups -OCH3 is 2. The van der Waals surface area contributed by atoms with Crippen LogP contribution in [0.1, 0.15) is 16.5 Å². The van der Waals surface area contributed by atoms with E-state index in [-0.39, 0.29) is 5.38 Å². The van der Waals surface area contributed by atoms with Crippen LogP contribution in [-0.2, 0) is 0 Å². The molecule has 106 valence electrons. The quantitative estimate of drug-likeness (QED) is 0.661. The summed E-state index contributed by atoms with van der Waals surface area (Å²) in [6.07, 6.45) is 0. The third kappa shape index (κ3) is 3.22. The van der Waals surface area contributed by atoms with Gasteiger partial charge in [-0.3, -0.25) is 0 Å². The Morgan fingerprint density at radius 2 is 1.70 bits per heavy atom. The van der Waals surface area contributed by atoms with E-state index < -0.39 is 0 Å². The Kier molecular flexibility index (Phi) is 5.19. The van der Waals surface area contributed by atoms with E-state index in [4.69, 9.17) is 32.7 Å². The first-order chi connectivity index (χ1) is 9.56. The zero-order valence-electron chi connectivity index (χ0n) is 11.0. The number of halogens is 3. The van der Waals surface area contributed by atoms with Crippen molar-refractivity contribution >= 4 is 39.1 Å². The molecule has 0 aromatic heterocycles. The van der Waals surface area contributed by atoms with E-state index in [9.17, 15) is 0 Å². The van der Waals surface area contributed by atoms with Crippen LogP contribution in [0.2, 0.25) is 5.02 Å². The van der Waals surface area contributed by atoms with Crippen LogP contribution in [0.3, 0.4) is 0 Å². The number of alkyl halides is 1. The fourth-order valence-corrected chi connectivity index (χ4v) is 3.15. The van der Waals surface area contributed by atoms with Crippen LogP contribution in [0.25, 0.3) is 0 Å². The van der Waals surface area contributed by atoms with Gasteiger partial charge in [0, 0.05) is 15.1 Å². The van der Waals surface area contributed by atoms with E-state index in [0.717, 1.165) is 21.3 Å². The van der Waals surface area contributed by atoms with E-state index in [1.807, 2.05) is 24.3 Å². The van der Waals surface area contributed by atoms with Gasteiger partial charge in [-0.2, -0.15) is 0 Å². The molecule has 20 heavy (non-hydrogen) atoms. The molecule has 2 rings (SSSR count). The molecule has 2 nitrogen and oxygen atoms in total. The summed E-state index contributed by atoms with van der Waals surface area (Å²) in [5.41, 5.74) is 1.80. The summed E-state index contributed by atoms with van der Waals surface area (Å²) in [5.74, 6) is 1.44. The van der Waals surface area contributed by atoms with Gasteiger partial charge in [0.1, 0.15) is 11.5 Å². The standard InChI is InChI=1S/C15H13BrCl2O2/c1-19-10-4-6-11(13(16)8-10)15(18)12-5-3-9(17)7-14(12)20-2/h3-8,15H,1-2H3. The smallest absolute Gasteiger partial charge is 0.125 e. The van der Waals surface area contributed by atoms with Crippen molar-refractivity contribution < 1.29 is 9.47 Å². The molecule has 0 amide bonds. The van der Waals surface area contributed by atoms with E-state index in [1.165, 1.54) is 0 Å². The number of hydrogen-bond donors (Lipinski definition) is 0. The lowest BCUT2D eigenvalue weighted by atomic mass is 10.0. The molecule has 0 aliphatic heterocycles. The maximum atomic E-state index is 6.57. The molecule has 0 heterocycles. The highest BCUT2D eigenvalue weighted by Gasteiger charge is 2.18. The van der Waals surface area contributed by atoms with Gasteiger partial charge < -0.3 is 9.47 Å². The molecule has 0 N–H and O–H groups in total. The SMILES string of the molecule is COc1ccc(C(Cl)c2ccc(Cl)cc2OC)c(Br)c1. The molecule has 0 saturated heterocycles. The van der Waals surface area contributed by atoms with Crippen molar-refractivity contribution in [2.24, 2.45) is 0 Å². The topological polar surface area (TPSA) is 18.5 Å². The highest BCUT2D eigenvalue weighted by Crippen LogP contribution is 2.40. The molecule has 0 radical (unpaired) electrons. The Morgan fingerprint density at radius 3 is 2.30 bits per heavy atom. The Bertz CT molecular complexity index is 617. The average Bonchev–Trinajstić information content (AvgIpc) is 2.46. The molecule has 1 atom stereocenters. The maximum Gasteiger partial charge on any atom is 0.125 e. The zero-order chi connectivity index (χ0) is 14.7. The first kappa shape index (κ1) is 15.5. The molecular formula is C15H13BrCl2O2. The monoisotopic (exact) mass is 374 g/mol. The Balaban J connectivity index is 2.43. The minimum absolute atomic E-state index is 0.345. The van der Waals surface area contributed by atoms with Gasteiger partial charge in [-0.05, 0) is 29.8 Å². The van der Waals surface area contributed by atoms with Crippen molar-refractivity contribution in [2.45, 2.75) is 5.38 Å². The van der Waals surface area contributed by atoms with Gasteiger partial charge in [-0.1, -0.05) is 39.7 Å². The van der Waals surface area contributed by atoms with Crippen molar-refractivity contribution in [1.29, 1.82) is 0 Å². The van der Waals surface area contributed by atoms with Crippen molar-refractivity contribution in [3.05, 3.63) is 57.0 Å². The fraction of sp³-hybridized carbons (Fsp3) is 0.200. The van der Waals surface area contributed by atoms with Crippen LogP contribution < -0.4 is 9.47 Å². The van der Waals surface area contributed by atoms with Crippen molar-refractivity contribution in [1.82, 2.24) is 0 Å². The summed E-state index contributed by atoms with van der Waals surface area (Å²) in [5, 5.41) is 0.269. The lowest BCUT2D eigenvalue weighted by molar-refractivity contribution is 0.410. The minimum atomic E-state index is -0.345. The molecule has 0 saturated carbocycles. The maximum absolute atomic E-state index is 6.57. The summed E-state index contributed by atoms with van der Waals surface area (Å²) in [7, 11) is 3.23. The largest absolute Gasteiger partial charge is 0.497 e. The van der Waals surface area contributed by atoms with Crippen LogP contribution in [0.15, 0.2) is 40.9 Å². The van der Waals surface area contributed by atoms with E-state index in [1.54, 1.807) is 26.4 Å². The van der Waals surface area contributed by atoms with Crippen LogP contribution >= 0.6 is 39.1 Å². The number of rotatable bonds is 4. The van der Waals surface area contributed by atoms with E-state index in [2.05, 4.69) is 15.9 Å².